The number of ether oxygens (including phenoxy) is 1. The van der Waals surface area contributed by atoms with Gasteiger partial charge in [0.1, 0.15) is 11.6 Å². The van der Waals surface area contributed by atoms with Crippen LogP contribution in [-0.4, -0.2) is 20.5 Å². The molecule has 0 unspecified atom stereocenters. The Hall–Kier alpha value is -5.84. The molecule has 0 atom stereocenters. The zero-order valence-electron chi connectivity index (χ0n) is 43.4. The van der Waals surface area contributed by atoms with Gasteiger partial charge in [0.05, 0.1) is 22.6 Å². The minimum Gasteiger partial charge on any atom is -0.439 e. The van der Waals surface area contributed by atoms with Gasteiger partial charge in [-0.25, -0.2) is 9.97 Å². The van der Waals surface area contributed by atoms with Crippen LogP contribution in [0.1, 0.15) is 96.6 Å². The molecule has 1 aliphatic rings. The van der Waals surface area contributed by atoms with Gasteiger partial charge < -0.3 is 4.74 Å². The maximum absolute atomic E-state index is 9.14. The highest BCUT2D eigenvalue weighted by Gasteiger charge is 2.37. The summed E-state index contributed by atoms with van der Waals surface area (Å²) >= 11 is 0. The summed E-state index contributed by atoms with van der Waals surface area (Å²) in [6, 6.07) is 25.8. The van der Waals surface area contributed by atoms with Crippen LogP contribution in [0, 0.1) is 0 Å². The van der Waals surface area contributed by atoms with E-state index < -0.39 is 66.8 Å². The molecule has 0 bridgehead atoms. The van der Waals surface area contributed by atoms with Gasteiger partial charge in [-0.15, -0.1) is 0 Å². The fourth-order valence-corrected chi connectivity index (χ4v) is 6.50. The van der Waals surface area contributed by atoms with Gasteiger partial charge in [0.25, 0.3) is 11.4 Å². The van der Waals surface area contributed by atoms with Crippen LogP contribution in [0.5, 0.6) is 11.6 Å². The standard InChI is InChI=1S/C47H47N5O/c1-45(2,3)31-18-20-34(21-19-31)50-30-51(41-17-13-12-16-40(41)50)35-24-33(47(7,8)9)25-36(27-35)53-44-28-42-38(29-49-44)37-14-10-11-15-39(37)52(42)43-26-32(22-23-48-43)46(4,5)6/h10-29H,1-9H3/q+2/i1D3,2D3,3D3,18D,19D,20D,21D. The molecule has 264 valence electrons. The van der Waals surface area contributed by atoms with E-state index in [1.807, 2.05) is 75.5 Å². The summed E-state index contributed by atoms with van der Waals surface area (Å²) in [5, 5.41) is 1.91. The molecular formula is C47H47N5O+2. The second-order valence-corrected chi connectivity index (χ2v) is 15.3. The molecule has 6 heteroatoms. The van der Waals surface area contributed by atoms with Crippen molar-refractivity contribution in [2.24, 2.45) is 0 Å². The lowest BCUT2D eigenvalue weighted by Gasteiger charge is -2.20. The van der Waals surface area contributed by atoms with E-state index in [4.69, 9.17) is 32.5 Å². The van der Waals surface area contributed by atoms with Gasteiger partial charge in [0.15, 0.2) is 0 Å². The van der Waals surface area contributed by atoms with Gasteiger partial charge >= 0.3 is 6.01 Å². The molecule has 8 rings (SSSR count). The predicted molar refractivity (Wildman–Crippen MR) is 220 cm³/mol. The third-order valence-corrected chi connectivity index (χ3v) is 9.39. The summed E-state index contributed by atoms with van der Waals surface area (Å²) in [6.45, 7) is 1.16. The topological polar surface area (TPSA) is 46.0 Å². The summed E-state index contributed by atoms with van der Waals surface area (Å²) in [7, 11) is 0. The quantitative estimate of drug-likeness (QED) is 0.167. The van der Waals surface area contributed by atoms with E-state index in [-0.39, 0.29) is 5.41 Å². The summed E-state index contributed by atoms with van der Waals surface area (Å²) in [5.41, 5.74) is -0.789. The van der Waals surface area contributed by atoms with Gasteiger partial charge in [0, 0.05) is 71.9 Å². The van der Waals surface area contributed by atoms with Gasteiger partial charge in [-0.05, 0) is 66.4 Å². The Kier molecular flexibility index (Phi) is 5.21. The Morgan fingerprint density at radius 1 is 0.642 bits per heavy atom. The molecular weight excluding hydrogens is 651 g/mol. The van der Waals surface area contributed by atoms with Crippen LogP contribution in [-0.2, 0) is 16.2 Å². The summed E-state index contributed by atoms with van der Waals surface area (Å²) < 4.78 is 122. The fourth-order valence-electron chi connectivity index (χ4n) is 6.50. The van der Waals surface area contributed by atoms with E-state index in [0.717, 1.165) is 38.8 Å². The first kappa shape index (κ1) is 22.3. The van der Waals surface area contributed by atoms with E-state index in [2.05, 4.69) is 37.4 Å². The number of aromatic nitrogens is 3. The molecule has 4 aromatic carbocycles. The van der Waals surface area contributed by atoms with E-state index in [0.29, 0.717) is 28.7 Å². The zero-order valence-corrected chi connectivity index (χ0v) is 30.4. The van der Waals surface area contributed by atoms with Crippen molar-refractivity contribution in [2.45, 2.75) is 78.3 Å². The van der Waals surface area contributed by atoms with Crippen LogP contribution in [0.25, 0.3) is 27.6 Å². The molecule has 0 amide bonds. The number of nitrogens with zero attached hydrogens (tertiary/aromatic N) is 5. The molecule has 0 radical (unpaired) electrons. The van der Waals surface area contributed by atoms with Crippen LogP contribution in [0.4, 0.5) is 22.7 Å². The van der Waals surface area contributed by atoms with Crippen molar-refractivity contribution in [3.63, 3.8) is 0 Å². The number of pyridine rings is 2. The molecule has 6 nitrogen and oxygen atoms in total. The summed E-state index contributed by atoms with van der Waals surface area (Å²) in [6.07, 6.45) is 3.60. The summed E-state index contributed by atoms with van der Waals surface area (Å²) in [5.74, 6) is 1.47. The number of rotatable bonds is 5. The highest BCUT2D eigenvalue weighted by molar-refractivity contribution is 6.09. The molecule has 0 fully saturated rings. The lowest BCUT2D eigenvalue weighted by atomic mass is 9.86. The maximum atomic E-state index is 9.14. The van der Waals surface area contributed by atoms with E-state index in [1.54, 1.807) is 41.1 Å². The van der Waals surface area contributed by atoms with Gasteiger partial charge in [-0.1, -0.05) is 105 Å². The largest absolute Gasteiger partial charge is 0.503 e. The molecule has 0 saturated carbocycles. The molecule has 0 spiro atoms. The fraction of sp³-hybridized carbons (Fsp3) is 0.255. The second-order valence-electron chi connectivity index (χ2n) is 15.3. The first-order valence-electron chi connectivity index (χ1n) is 23.8. The van der Waals surface area contributed by atoms with Crippen molar-refractivity contribution < 1.29 is 22.6 Å². The number of benzene rings is 4. The summed E-state index contributed by atoms with van der Waals surface area (Å²) in [4.78, 5) is 9.54. The monoisotopic (exact) mass is 710 g/mol. The SMILES string of the molecule is [2H]c1c([2H])c(C(C([2H])([2H])[2H])(C([2H])([2H])[2H])C([2H])([2H])[2H])c([2H])c([2H])c1[N+]1=C=[N+](c2cc(Oc3cc4c(cn3)c3ccccc3n4-c3cc(C(C)(C)C)ccn3)cc(C(C)(C)C)c2)c2ccccc21. The van der Waals surface area contributed by atoms with Crippen LogP contribution in [0.2, 0.25) is 0 Å². The number of hydrogen-bond acceptors (Lipinski definition) is 3. The third-order valence-electron chi connectivity index (χ3n) is 9.39. The van der Waals surface area contributed by atoms with Crippen molar-refractivity contribution in [3.8, 4) is 17.4 Å². The maximum Gasteiger partial charge on any atom is 0.503 e. The molecule has 53 heavy (non-hydrogen) atoms. The zero-order chi connectivity index (χ0) is 48.3. The highest BCUT2D eigenvalue weighted by Crippen LogP contribution is 2.40. The Balaban J connectivity index is 1.32. The van der Waals surface area contributed by atoms with E-state index >= 15 is 0 Å². The molecule has 3 aromatic heterocycles. The molecule has 0 saturated heterocycles. The van der Waals surface area contributed by atoms with Crippen LogP contribution >= 0.6 is 0 Å². The predicted octanol–water partition coefficient (Wildman–Crippen LogP) is 12.1. The second kappa shape index (κ2) is 12.4. The van der Waals surface area contributed by atoms with Gasteiger partial charge in [-0.2, -0.15) is 0 Å². The van der Waals surface area contributed by atoms with Crippen LogP contribution < -0.4 is 13.9 Å². The van der Waals surface area contributed by atoms with Crippen molar-refractivity contribution in [1.29, 1.82) is 0 Å². The van der Waals surface area contributed by atoms with Crippen molar-refractivity contribution in [2.75, 3.05) is 0 Å². The van der Waals surface area contributed by atoms with Crippen molar-refractivity contribution >= 4 is 50.6 Å². The van der Waals surface area contributed by atoms with E-state index in [9.17, 15) is 0 Å². The van der Waals surface area contributed by atoms with Gasteiger partial charge in [-0.3, -0.25) is 4.57 Å². The highest BCUT2D eigenvalue weighted by atomic mass is 16.5. The first-order chi connectivity index (χ1) is 30.6. The van der Waals surface area contributed by atoms with Crippen molar-refractivity contribution in [1.82, 2.24) is 23.7 Å². The Bertz CT molecular complexity index is 3130. The molecule has 0 aliphatic carbocycles. The lowest BCUT2D eigenvalue weighted by molar-refractivity contribution is 0.460. The molecule has 4 heterocycles. The minimum absolute atomic E-state index is 0.117. The Morgan fingerprint density at radius 2 is 1.32 bits per heavy atom. The smallest absolute Gasteiger partial charge is 0.439 e. The number of fused-ring (bicyclic) bond motifs is 4. The Labute approximate surface area is 330 Å². The number of para-hydroxylation sites is 3. The van der Waals surface area contributed by atoms with Crippen molar-refractivity contribution in [3.05, 3.63) is 138 Å². The van der Waals surface area contributed by atoms with Gasteiger partial charge in [0.2, 0.25) is 17.3 Å². The molecule has 0 N–H and O–H groups in total. The first-order valence-corrected chi connectivity index (χ1v) is 17.3. The molecule has 7 aromatic rings. The van der Waals surface area contributed by atoms with Crippen LogP contribution in [0.3, 0.4) is 0 Å². The minimum atomic E-state index is -3.81. The third kappa shape index (κ3) is 6.34. The number of hydrogen-bond donors (Lipinski definition) is 0. The average molecular weight is 711 g/mol. The Morgan fingerprint density at radius 3 is 2.02 bits per heavy atom. The lowest BCUT2D eigenvalue weighted by Crippen LogP contribution is -2.12. The normalized spacial score (nSPS) is 17.6. The van der Waals surface area contributed by atoms with Crippen LogP contribution in [0.15, 0.2) is 121 Å². The van der Waals surface area contributed by atoms with E-state index in [1.165, 1.54) is 4.58 Å². The molecule has 1 aliphatic heterocycles. The average Bonchev–Trinajstić information content (AvgIpc) is 3.75.